The molecule has 4 rings (SSSR count). The maximum absolute atomic E-state index is 13.3. The Bertz CT molecular complexity index is 1140. The molecular formula is C22H20ClFN4O2. The highest BCUT2D eigenvalue weighted by atomic mass is 35.5. The fourth-order valence-electron chi connectivity index (χ4n) is 3.60. The van der Waals surface area contributed by atoms with Gasteiger partial charge in [0.05, 0.1) is 12.1 Å². The van der Waals surface area contributed by atoms with E-state index in [0.29, 0.717) is 22.9 Å². The van der Waals surface area contributed by atoms with Crippen molar-refractivity contribution in [1.82, 2.24) is 9.78 Å². The molecule has 1 aliphatic heterocycles. The Kier molecular flexibility index (Phi) is 5.30. The molecule has 3 aromatic rings. The number of aryl methyl sites for hydroxylation is 1. The Morgan fingerprint density at radius 2 is 2.00 bits per heavy atom. The number of aromatic nitrogens is 2. The highest BCUT2D eigenvalue weighted by Crippen LogP contribution is 2.39. The highest BCUT2D eigenvalue weighted by Gasteiger charge is 2.36. The minimum atomic E-state index is -0.765. The van der Waals surface area contributed by atoms with Crippen LogP contribution in [-0.4, -0.2) is 21.6 Å². The van der Waals surface area contributed by atoms with E-state index in [2.05, 4.69) is 15.7 Å². The van der Waals surface area contributed by atoms with Crippen LogP contribution in [0.15, 0.2) is 42.5 Å². The lowest BCUT2D eigenvalue weighted by atomic mass is 10.0. The van der Waals surface area contributed by atoms with Crippen LogP contribution in [0.4, 0.5) is 15.9 Å². The molecule has 0 bridgehead atoms. The number of carbonyl (C=O) groups is 2. The zero-order valence-electron chi connectivity index (χ0n) is 16.5. The average molecular weight is 427 g/mol. The van der Waals surface area contributed by atoms with Crippen LogP contribution in [-0.2, 0) is 16.0 Å². The van der Waals surface area contributed by atoms with Gasteiger partial charge in [-0.2, -0.15) is 5.10 Å². The van der Waals surface area contributed by atoms with Gasteiger partial charge in [-0.1, -0.05) is 36.7 Å². The second-order valence-corrected chi connectivity index (χ2v) is 7.55. The number of rotatable bonds is 5. The number of nitrogens with zero attached hydrogens (tertiary/aromatic N) is 2. The van der Waals surface area contributed by atoms with E-state index >= 15 is 0 Å². The summed E-state index contributed by atoms with van der Waals surface area (Å²) >= 11 is 6.11. The van der Waals surface area contributed by atoms with E-state index in [0.717, 1.165) is 22.4 Å². The molecule has 1 unspecified atom stereocenters. The molecule has 0 saturated heterocycles. The Morgan fingerprint density at radius 3 is 2.70 bits per heavy atom. The van der Waals surface area contributed by atoms with E-state index in [1.54, 1.807) is 35.0 Å². The molecule has 0 aliphatic carbocycles. The SMILES string of the molecule is CCc1nn2c(c1-c1ccc(F)cc1)NC(=O)C2CC(=O)Nc1cccc(Cl)c1C. The lowest BCUT2D eigenvalue weighted by molar-refractivity contribution is -0.123. The number of fused-ring (bicyclic) bond motifs is 1. The van der Waals surface area contributed by atoms with Crippen LogP contribution in [0.25, 0.3) is 11.1 Å². The van der Waals surface area contributed by atoms with E-state index in [1.807, 2.05) is 13.8 Å². The van der Waals surface area contributed by atoms with Crippen molar-refractivity contribution < 1.29 is 14.0 Å². The maximum Gasteiger partial charge on any atom is 0.251 e. The van der Waals surface area contributed by atoms with Gasteiger partial charge < -0.3 is 10.6 Å². The largest absolute Gasteiger partial charge is 0.326 e. The lowest BCUT2D eigenvalue weighted by Crippen LogP contribution is -2.24. The summed E-state index contributed by atoms with van der Waals surface area (Å²) in [4.78, 5) is 25.2. The summed E-state index contributed by atoms with van der Waals surface area (Å²) in [6.07, 6.45) is 0.557. The number of benzene rings is 2. The summed E-state index contributed by atoms with van der Waals surface area (Å²) in [6.45, 7) is 3.77. The number of hydrogen-bond donors (Lipinski definition) is 2. The van der Waals surface area contributed by atoms with E-state index in [4.69, 9.17) is 11.6 Å². The maximum atomic E-state index is 13.3. The lowest BCUT2D eigenvalue weighted by Gasteiger charge is -2.12. The number of carbonyl (C=O) groups excluding carboxylic acids is 2. The zero-order valence-corrected chi connectivity index (χ0v) is 17.3. The number of amides is 2. The summed E-state index contributed by atoms with van der Waals surface area (Å²) in [5.74, 6) is -0.428. The van der Waals surface area contributed by atoms with Crippen LogP contribution in [0.5, 0.6) is 0 Å². The monoisotopic (exact) mass is 426 g/mol. The van der Waals surface area contributed by atoms with Gasteiger partial charge in [0.25, 0.3) is 5.91 Å². The van der Waals surface area contributed by atoms with Gasteiger partial charge in [-0.05, 0) is 48.7 Å². The van der Waals surface area contributed by atoms with Crippen LogP contribution >= 0.6 is 11.6 Å². The number of nitrogens with one attached hydrogen (secondary N) is 2. The number of halogens is 2. The van der Waals surface area contributed by atoms with Crippen LogP contribution < -0.4 is 10.6 Å². The minimum absolute atomic E-state index is 0.0710. The van der Waals surface area contributed by atoms with Gasteiger partial charge in [0.1, 0.15) is 17.7 Å². The van der Waals surface area contributed by atoms with E-state index in [1.165, 1.54) is 12.1 Å². The summed E-state index contributed by atoms with van der Waals surface area (Å²) < 4.78 is 14.9. The number of anilines is 2. The first-order valence-corrected chi connectivity index (χ1v) is 10.00. The van der Waals surface area contributed by atoms with Crippen molar-refractivity contribution in [3.8, 4) is 11.1 Å². The third kappa shape index (κ3) is 3.57. The predicted molar refractivity (Wildman–Crippen MR) is 114 cm³/mol. The fraction of sp³-hybridized carbons (Fsp3) is 0.227. The standard InChI is InChI=1S/C22H20ClFN4O2/c1-3-16-20(13-7-9-14(24)10-8-13)21-26-22(30)18(28(21)27-16)11-19(29)25-17-6-4-5-15(23)12(17)2/h4-10,18H,3,11H2,1-2H3,(H,25,29)(H,26,30). The van der Waals surface area contributed by atoms with Gasteiger partial charge in [-0.3, -0.25) is 9.59 Å². The van der Waals surface area contributed by atoms with Gasteiger partial charge in [0.2, 0.25) is 5.91 Å². The van der Waals surface area contributed by atoms with Crippen molar-refractivity contribution in [2.24, 2.45) is 0 Å². The smallest absolute Gasteiger partial charge is 0.251 e. The summed E-state index contributed by atoms with van der Waals surface area (Å²) in [6, 6.07) is 10.5. The quantitative estimate of drug-likeness (QED) is 0.619. The summed E-state index contributed by atoms with van der Waals surface area (Å²) in [7, 11) is 0. The van der Waals surface area contributed by atoms with Gasteiger partial charge in [-0.25, -0.2) is 9.07 Å². The predicted octanol–water partition coefficient (Wildman–Crippen LogP) is 4.74. The minimum Gasteiger partial charge on any atom is -0.326 e. The molecule has 1 aromatic heterocycles. The topological polar surface area (TPSA) is 76.0 Å². The molecule has 1 atom stereocenters. The zero-order chi connectivity index (χ0) is 21.4. The van der Waals surface area contributed by atoms with Crippen molar-refractivity contribution in [2.45, 2.75) is 32.7 Å². The van der Waals surface area contributed by atoms with Crippen LogP contribution in [0.2, 0.25) is 5.02 Å². The highest BCUT2D eigenvalue weighted by molar-refractivity contribution is 6.31. The van der Waals surface area contributed by atoms with Crippen molar-refractivity contribution in [3.05, 3.63) is 64.6 Å². The molecule has 2 heterocycles. The van der Waals surface area contributed by atoms with E-state index < -0.39 is 6.04 Å². The molecule has 2 amide bonds. The van der Waals surface area contributed by atoms with Crippen molar-refractivity contribution in [1.29, 1.82) is 0 Å². The molecule has 8 heteroatoms. The molecule has 0 radical (unpaired) electrons. The van der Waals surface area contributed by atoms with Gasteiger partial charge >= 0.3 is 0 Å². The summed E-state index contributed by atoms with van der Waals surface area (Å²) in [5, 5.41) is 10.8. The number of hydrogen-bond acceptors (Lipinski definition) is 3. The van der Waals surface area contributed by atoms with Crippen LogP contribution in [0, 0.1) is 12.7 Å². The molecule has 0 saturated carbocycles. The third-order valence-electron chi connectivity index (χ3n) is 5.21. The molecular weight excluding hydrogens is 407 g/mol. The van der Waals surface area contributed by atoms with Crippen molar-refractivity contribution in [3.63, 3.8) is 0 Å². The first-order valence-electron chi connectivity index (χ1n) is 9.62. The van der Waals surface area contributed by atoms with Gasteiger partial charge in [0, 0.05) is 16.3 Å². The Hall–Kier alpha value is -3.19. The Morgan fingerprint density at radius 1 is 1.27 bits per heavy atom. The van der Waals surface area contributed by atoms with Crippen LogP contribution in [0.1, 0.15) is 30.6 Å². The second kappa shape index (κ2) is 7.91. The molecule has 2 N–H and O–H groups in total. The van der Waals surface area contributed by atoms with Gasteiger partial charge in [0.15, 0.2) is 0 Å². The van der Waals surface area contributed by atoms with Gasteiger partial charge in [-0.15, -0.1) is 0 Å². The molecule has 2 aromatic carbocycles. The fourth-order valence-corrected chi connectivity index (χ4v) is 3.78. The molecule has 0 spiro atoms. The van der Waals surface area contributed by atoms with E-state index in [-0.39, 0.29) is 24.1 Å². The summed E-state index contributed by atoms with van der Waals surface area (Å²) in [5.41, 5.74) is 3.64. The first-order chi connectivity index (χ1) is 14.4. The van der Waals surface area contributed by atoms with Crippen LogP contribution in [0.3, 0.4) is 0 Å². The Labute approximate surface area is 178 Å². The molecule has 6 nitrogen and oxygen atoms in total. The van der Waals surface area contributed by atoms with Crippen molar-refractivity contribution >= 4 is 34.9 Å². The third-order valence-corrected chi connectivity index (χ3v) is 5.62. The average Bonchev–Trinajstić information content (AvgIpc) is 3.21. The second-order valence-electron chi connectivity index (χ2n) is 7.15. The van der Waals surface area contributed by atoms with E-state index in [9.17, 15) is 14.0 Å². The molecule has 30 heavy (non-hydrogen) atoms. The Balaban J connectivity index is 1.62. The first kappa shape index (κ1) is 20.1. The molecule has 1 aliphatic rings. The van der Waals surface area contributed by atoms with Crippen molar-refractivity contribution in [2.75, 3.05) is 10.6 Å². The molecule has 154 valence electrons. The molecule has 0 fully saturated rings. The normalized spacial score (nSPS) is 15.1.